The number of carbonyl (C=O) groups excluding carboxylic acids is 2. The van der Waals surface area contributed by atoms with Gasteiger partial charge in [0.25, 0.3) is 0 Å². The maximum absolute atomic E-state index is 12.6. The summed E-state index contributed by atoms with van der Waals surface area (Å²) in [7, 11) is 0. The summed E-state index contributed by atoms with van der Waals surface area (Å²) in [5.41, 5.74) is 1.61. The molecule has 4 rings (SSSR count). The zero-order valence-corrected chi connectivity index (χ0v) is 15.1. The van der Waals surface area contributed by atoms with Gasteiger partial charge in [-0.25, -0.2) is 4.68 Å². The quantitative estimate of drug-likeness (QED) is 0.753. The van der Waals surface area contributed by atoms with Crippen molar-refractivity contribution in [2.45, 2.75) is 6.42 Å². The van der Waals surface area contributed by atoms with Gasteiger partial charge in [-0.1, -0.05) is 35.9 Å². The van der Waals surface area contributed by atoms with Gasteiger partial charge >= 0.3 is 0 Å². The highest BCUT2D eigenvalue weighted by Gasteiger charge is 2.35. The Morgan fingerprint density at radius 2 is 1.85 bits per heavy atom. The third-order valence-electron chi connectivity index (χ3n) is 4.48. The molecule has 1 saturated heterocycles. The molecule has 0 radical (unpaired) electrons. The van der Waals surface area contributed by atoms with Crippen LogP contribution in [0.4, 0.5) is 11.5 Å². The van der Waals surface area contributed by atoms with Gasteiger partial charge in [0.15, 0.2) is 5.82 Å². The summed E-state index contributed by atoms with van der Waals surface area (Å²) in [6.45, 7) is 0.324. The minimum Gasteiger partial charge on any atom is -0.312 e. The second-order valence-electron chi connectivity index (χ2n) is 6.36. The molecule has 7 heteroatoms. The fourth-order valence-corrected chi connectivity index (χ4v) is 3.30. The lowest BCUT2D eigenvalue weighted by Crippen LogP contribution is -2.28. The topological polar surface area (TPSA) is 67.2 Å². The predicted octanol–water partition coefficient (Wildman–Crippen LogP) is 3.52. The Kier molecular flexibility index (Phi) is 4.64. The molecule has 136 valence electrons. The highest BCUT2D eigenvalue weighted by Crippen LogP contribution is 2.27. The van der Waals surface area contributed by atoms with Crippen LogP contribution in [0.25, 0.3) is 5.69 Å². The monoisotopic (exact) mass is 380 g/mol. The van der Waals surface area contributed by atoms with E-state index in [4.69, 9.17) is 11.6 Å². The van der Waals surface area contributed by atoms with Crippen molar-refractivity contribution >= 4 is 34.9 Å². The third-order valence-corrected chi connectivity index (χ3v) is 4.71. The second-order valence-corrected chi connectivity index (χ2v) is 6.79. The van der Waals surface area contributed by atoms with Crippen LogP contribution >= 0.6 is 11.6 Å². The lowest BCUT2D eigenvalue weighted by molar-refractivity contribution is -0.122. The molecule has 2 amide bonds. The minimum absolute atomic E-state index is 0.0905. The first-order chi connectivity index (χ1) is 13.1. The number of aromatic nitrogens is 2. The highest BCUT2D eigenvalue weighted by molar-refractivity contribution is 6.31. The minimum atomic E-state index is -0.432. The average molecular weight is 381 g/mol. The number of para-hydroxylation sites is 1. The number of carbonyl (C=O) groups is 2. The second kappa shape index (κ2) is 7.25. The number of hydrogen-bond acceptors (Lipinski definition) is 3. The van der Waals surface area contributed by atoms with Crippen molar-refractivity contribution in [1.82, 2.24) is 9.78 Å². The summed E-state index contributed by atoms with van der Waals surface area (Å²) in [6.07, 6.45) is 1.95. The molecular formula is C20H17ClN4O2. The van der Waals surface area contributed by atoms with Crippen molar-refractivity contribution in [3.05, 3.63) is 71.9 Å². The zero-order valence-electron chi connectivity index (χ0n) is 14.4. The van der Waals surface area contributed by atoms with Crippen molar-refractivity contribution in [3.63, 3.8) is 0 Å². The number of halogens is 1. The summed E-state index contributed by atoms with van der Waals surface area (Å²) in [6, 6.07) is 18.4. The average Bonchev–Trinajstić information content (AvgIpc) is 3.29. The van der Waals surface area contributed by atoms with E-state index in [0.29, 0.717) is 23.1 Å². The van der Waals surface area contributed by atoms with Crippen LogP contribution in [-0.4, -0.2) is 28.1 Å². The van der Waals surface area contributed by atoms with Crippen LogP contribution in [-0.2, 0) is 9.59 Å². The van der Waals surface area contributed by atoms with Crippen molar-refractivity contribution in [2.75, 3.05) is 16.8 Å². The van der Waals surface area contributed by atoms with Crippen molar-refractivity contribution in [1.29, 1.82) is 0 Å². The van der Waals surface area contributed by atoms with E-state index in [1.54, 1.807) is 40.0 Å². The number of benzene rings is 2. The lowest BCUT2D eigenvalue weighted by Gasteiger charge is -2.16. The molecule has 0 saturated carbocycles. The molecule has 1 aromatic heterocycles. The molecule has 1 fully saturated rings. The van der Waals surface area contributed by atoms with E-state index in [1.807, 2.05) is 36.4 Å². The Balaban J connectivity index is 1.44. The van der Waals surface area contributed by atoms with Crippen LogP contribution in [0.2, 0.25) is 5.02 Å². The van der Waals surface area contributed by atoms with Crippen LogP contribution in [0.1, 0.15) is 6.42 Å². The van der Waals surface area contributed by atoms with E-state index in [1.165, 1.54) is 0 Å². The van der Waals surface area contributed by atoms with E-state index in [2.05, 4.69) is 10.4 Å². The maximum Gasteiger partial charge on any atom is 0.231 e. The van der Waals surface area contributed by atoms with Crippen molar-refractivity contribution < 1.29 is 9.59 Å². The zero-order chi connectivity index (χ0) is 18.8. The first kappa shape index (κ1) is 17.3. The van der Waals surface area contributed by atoms with E-state index in [0.717, 1.165) is 5.69 Å². The van der Waals surface area contributed by atoms with Gasteiger partial charge in [-0.3, -0.25) is 9.59 Å². The first-order valence-corrected chi connectivity index (χ1v) is 8.96. The highest BCUT2D eigenvalue weighted by atomic mass is 35.5. The summed E-state index contributed by atoms with van der Waals surface area (Å²) >= 11 is 6.00. The molecule has 6 nitrogen and oxygen atoms in total. The van der Waals surface area contributed by atoms with Gasteiger partial charge in [-0.2, -0.15) is 5.10 Å². The van der Waals surface area contributed by atoms with Gasteiger partial charge in [0.2, 0.25) is 11.8 Å². The Bertz CT molecular complexity index is 986. The van der Waals surface area contributed by atoms with Crippen LogP contribution in [0.3, 0.4) is 0 Å². The molecule has 0 bridgehead atoms. The van der Waals surface area contributed by atoms with Crippen LogP contribution in [0.5, 0.6) is 0 Å². The summed E-state index contributed by atoms with van der Waals surface area (Å²) in [5.74, 6) is -0.283. The van der Waals surface area contributed by atoms with E-state index < -0.39 is 5.92 Å². The molecule has 27 heavy (non-hydrogen) atoms. The Morgan fingerprint density at radius 1 is 1.07 bits per heavy atom. The standard InChI is InChI=1S/C20H17ClN4O2/c21-15-5-4-8-17(12-15)24-13-14(11-19(24)26)20(27)22-18-9-10-25(23-18)16-6-2-1-3-7-16/h1-10,12,14H,11,13H2,(H,22,23,27). The largest absolute Gasteiger partial charge is 0.312 e. The van der Waals surface area contributed by atoms with Gasteiger partial charge < -0.3 is 10.2 Å². The van der Waals surface area contributed by atoms with Crippen LogP contribution in [0, 0.1) is 5.92 Å². The molecule has 1 aliphatic heterocycles. The molecule has 1 unspecified atom stereocenters. The summed E-state index contributed by atoms with van der Waals surface area (Å²) in [5, 5.41) is 7.73. The molecule has 1 aliphatic rings. The fourth-order valence-electron chi connectivity index (χ4n) is 3.12. The van der Waals surface area contributed by atoms with E-state index in [-0.39, 0.29) is 18.2 Å². The van der Waals surface area contributed by atoms with Crippen LogP contribution in [0.15, 0.2) is 66.9 Å². The third kappa shape index (κ3) is 3.71. The molecule has 2 heterocycles. The van der Waals surface area contributed by atoms with E-state index >= 15 is 0 Å². The fraction of sp³-hybridized carbons (Fsp3) is 0.150. The van der Waals surface area contributed by atoms with Gasteiger partial charge in [-0.05, 0) is 30.3 Å². The Labute approximate surface area is 161 Å². The van der Waals surface area contributed by atoms with Gasteiger partial charge in [0, 0.05) is 35.9 Å². The predicted molar refractivity (Wildman–Crippen MR) is 104 cm³/mol. The molecular weight excluding hydrogens is 364 g/mol. The number of rotatable bonds is 4. The lowest BCUT2D eigenvalue weighted by atomic mass is 10.1. The maximum atomic E-state index is 12.6. The smallest absolute Gasteiger partial charge is 0.231 e. The summed E-state index contributed by atoms with van der Waals surface area (Å²) < 4.78 is 1.69. The van der Waals surface area contributed by atoms with Crippen molar-refractivity contribution in [3.8, 4) is 5.69 Å². The Morgan fingerprint density at radius 3 is 2.63 bits per heavy atom. The molecule has 1 N–H and O–H groups in total. The molecule has 2 aromatic carbocycles. The molecule has 0 spiro atoms. The SMILES string of the molecule is O=C(Nc1ccn(-c2ccccc2)n1)C1CC(=O)N(c2cccc(Cl)c2)C1. The van der Waals surface area contributed by atoms with Gasteiger partial charge in [0.1, 0.15) is 0 Å². The summed E-state index contributed by atoms with van der Waals surface area (Å²) in [4.78, 5) is 26.5. The van der Waals surface area contributed by atoms with Crippen molar-refractivity contribution in [2.24, 2.45) is 5.92 Å². The number of nitrogens with one attached hydrogen (secondary N) is 1. The van der Waals surface area contributed by atoms with Gasteiger partial charge in [0.05, 0.1) is 11.6 Å². The number of nitrogens with zero attached hydrogens (tertiary/aromatic N) is 3. The first-order valence-electron chi connectivity index (χ1n) is 8.58. The number of anilines is 2. The molecule has 3 aromatic rings. The van der Waals surface area contributed by atoms with Crippen LogP contribution < -0.4 is 10.2 Å². The molecule has 0 aliphatic carbocycles. The normalized spacial score (nSPS) is 16.6. The Hall–Kier alpha value is -3.12. The van der Waals surface area contributed by atoms with Gasteiger partial charge in [-0.15, -0.1) is 0 Å². The number of amides is 2. The molecule has 1 atom stereocenters. The van der Waals surface area contributed by atoms with E-state index in [9.17, 15) is 9.59 Å². The number of hydrogen-bond donors (Lipinski definition) is 1.